The second-order valence-electron chi connectivity index (χ2n) is 13.9. The van der Waals surface area contributed by atoms with E-state index in [1.807, 2.05) is 47.0 Å². The van der Waals surface area contributed by atoms with Crippen molar-refractivity contribution in [3.8, 4) is 33.6 Å². The van der Waals surface area contributed by atoms with E-state index < -0.39 is 34.6 Å². The number of benzene rings is 8. The number of hydrogen-bond donors (Lipinski definition) is 0. The van der Waals surface area contributed by atoms with Gasteiger partial charge < -0.3 is 0 Å². The van der Waals surface area contributed by atoms with E-state index >= 15 is 8.78 Å². The average molecular weight is 804 g/mol. The van der Waals surface area contributed by atoms with Gasteiger partial charge >= 0.3 is 230 Å². The number of hydrogen-bond acceptors (Lipinski definition) is 0. The molecule has 11 aromatic rings. The Morgan fingerprint density at radius 3 is 1.48 bits per heavy atom. The van der Waals surface area contributed by atoms with Crippen molar-refractivity contribution >= 4 is 77.4 Å². The summed E-state index contributed by atoms with van der Waals surface area (Å²) in [5.74, 6) is -9.90. The SMILES string of the molecule is Fc1c(F)c(F)c(-c2cccc(-n3c4ccccc4c4c5c6ccccc6n(-c6cccc(-c7cccc8c7[se]c7ccccc78)c6)c5ccc43)c2)c(F)c1F. The standard InChI is InChI=1S/C48H25F5N2Se/c49-43-40(44(50)46(52)47(53)45(43)51)27-11-8-13-29(25-27)55-36-20-5-2-16-34(36)42-38(55)23-22-37-41(42)33-15-1-4-19-35(33)54(37)28-12-7-10-26(24-28)30-17-9-18-32-31-14-3-6-21-39(31)56-48(30)32/h1-25H. The molecule has 268 valence electrons. The Morgan fingerprint density at radius 2 is 0.857 bits per heavy atom. The van der Waals surface area contributed by atoms with Crippen molar-refractivity contribution in [2.24, 2.45) is 0 Å². The Hall–Kier alpha value is -6.47. The molecule has 0 bridgehead atoms. The van der Waals surface area contributed by atoms with Crippen molar-refractivity contribution < 1.29 is 22.0 Å². The summed E-state index contributed by atoms with van der Waals surface area (Å²) in [6, 6.07) is 50.4. The normalized spacial score (nSPS) is 12.0. The minimum atomic E-state index is -2.19. The van der Waals surface area contributed by atoms with Gasteiger partial charge in [0.1, 0.15) is 0 Å². The molecule has 8 aromatic carbocycles. The number of para-hydroxylation sites is 2. The molecule has 3 heterocycles. The number of fused-ring (bicyclic) bond motifs is 10. The Balaban J connectivity index is 1.15. The molecule has 0 atom stereocenters. The van der Waals surface area contributed by atoms with Gasteiger partial charge in [0, 0.05) is 0 Å². The molecule has 3 aromatic heterocycles. The summed E-state index contributed by atoms with van der Waals surface area (Å²) in [6.45, 7) is 0. The van der Waals surface area contributed by atoms with Crippen LogP contribution in [-0.4, -0.2) is 23.6 Å². The maximum atomic E-state index is 15.0. The van der Waals surface area contributed by atoms with Crippen molar-refractivity contribution in [2.75, 3.05) is 0 Å². The molecule has 0 fully saturated rings. The van der Waals surface area contributed by atoms with Crippen LogP contribution in [0.2, 0.25) is 0 Å². The largest absolute Gasteiger partial charge is 0.203 e. The smallest absolute Gasteiger partial charge is 0.198 e. The van der Waals surface area contributed by atoms with E-state index in [1.54, 1.807) is 12.1 Å². The van der Waals surface area contributed by atoms with E-state index in [-0.39, 0.29) is 20.1 Å². The van der Waals surface area contributed by atoms with Gasteiger partial charge in [-0.3, -0.25) is 0 Å². The first kappa shape index (κ1) is 32.9. The maximum Gasteiger partial charge on any atom is 0.198 e. The molecule has 0 unspecified atom stereocenters. The fourth-order valence-electron chi connectivity index (χ4n) is 8.52. The summed E-state index contributed by atoms with van der Waals surface area (Å²) in [5, 5.41) is 6.64. The topological polar surface area (TPSA) is 9.86 Å². The van der Waals surface area contributed by atoms with Gasteiger partial charge in [0.05, 0.1) is 5.56 Å². The monoisotopic (exact) mass is 804 g/mol. The molecule has 0 saturated carbocycles. The van der Waals surface area contributed by atoms with E-state index in [4.69, 9.17) is 0 Å². The van der Waals surface area contributed by atoms with E-state index in [0.29, 0.717) is 5.69 Å². The third kappa shape index (κ3) is 4.60. The van der Waals surface area contributed by atoms with Crippen LogP contribution >= 0.6 is 0 Å². The van der Waals surface area contributed by atoms with Gasteiger partial charge in [-0.1, -0.05) is 18.2 Å². The van der Waals surface area contributed by atoms with Crippen LogP contribution in [0.5, 0.6) is 0 Å². The number of halogens is 5. The zero-order valence-electron chi connectivity index (χ0n) is 29.1. The first-order chi connectivity index (χ1) is 27.4. The molecular formula is C48H25F5N2Se. The zero-order valence-corrected chi connectivity index (χ0v) is 30.8. The van der Waals surface area contributed by atoms with Gasteiger partial charge in [-0.2, -0.15) is 0 Å². The molecule has 8 heteroatoms. The third-order valence-electron chi connectivity index (χ3n) is 10.9. The second-order valence-corrected chi connectivity index (χ2v) is 16.1. The zero-order chi connectivity index (χ0) is 37.8. The molecular weight excluding hydrogens is 778 g/mol. The van der Waals surface area contributed by atoms with Crippen LogP contribution in [0, 0.1) is 29.1 Å². The fourth-order valence-corrected chi connectivity index (χ4v) is 11.1. The summed E-state index contributed by atoms with van der Waals surface area (Å²) in [5.41, 5.74) is 6.49. The summed E-state index contributed by atoms with van der Waals surface area (Å²) >= 11 is 0.193. The quantitative estimate of drug-likeness (QED) is 0.0726. The molecule has 0 aliphatic heterocycles. The van der Waals surface area contributed by atoms with E-state index in [1.165, 1.54) is 37.0 Å². The minimum Gasteiger partial charge on any atom is -0.203 e. The van der Waals surface area contributed by atoms with Crippen molar-refractivity contribution in [3.05, 3.63) is 181 Å². The Labute approximate surface area is 321 Å². The Kier molecular flexibility index (Phi) is 7.21. The van der Waals surface area contributed by atoms with E-state index in [2.05, 4.69) is 89.5 Å². The number of nitrogens with zero attached hydrogens (tertiary/aromatic N) is 2. The molecule has 0 N–H and O–H groups in total. The van der Waals surface area contributed by atoms with Crippen LogP contribution in [0.1, 0.15) is 0 Å². The average Bonchev–Trinajstić information content (AvgIpc) is 3.90. The van der Waals surface area contributed by atoms with Crippen LogP contribution < -0.4 is 0 Å². The van der Waals surface area contributed by atoms with Crippen molar-refractivity contribution in [1.82, 2.24) is 9.13 Å². The van der Waals surface area contributed by atoms with Crippen LogP contribution in [0.25, 0.3) is 96.5 Å². The van der Waals surface area contributed by atoms with Crippen molar-refractivity contribution in [2.45, 2.75) is 0 Å². The van der Waals surface area contributed by atoms with Crippen LogP contribution in [0.3, 0.4) is 0 Å². The molecule has 0 aliphatic rings. The van der Waals surface area contributed by atoms with E-state index in [0.717, 1.165) is 54.9 Å². The first-order valence-electron chi connectivity index (χ1n) is 18.0. The van der Waals surface area contributed by atoms with Gasteiger partial charge in [0.2, 0.25) is 5.82 Å². The number of aromatic nitrogens is 2. The van der Waals surface area contributed by atoms with Gasteiger partial charge in [-0.05, 0) is 17.7 Å². The third-order valence-corrected chi connectivity index (χ3v) is 13.5. The molecule has 0 spiro atoms. The van der Waals surface area contributed by atoms with Crippen molar-refractivity contribution in [1.29, 1.82) is 0 Å². The molecule has 0 radical (unpaired) electrons. The summed E-state index contributed by atoms with van der Waals surface area (Å²) in [4.78, 5) is 0. The van der Waals surface area contributed by atoms with Crippen LogP contribution in [0.15, 0.2) is 152 Å². The molecule has 56 heavy (non-hydrogen) atoms. The first-order valence-corrected chi connectivity index (χ1v) is 19.7. The predicted molar refractivity (Wildman–Crippen MR) is 218 cm³/mol. The maximum absolute atomic E-state index is 15.0. The van der Waals surface area contributed by atoms with Crippen molar-refractivity contribution in [3.63, 3.8) is 0 Å². The summed E-state index contributed by atoms with van der Waals surface area (Å²) in [6.07, 6.45) is 0. The summed E-state index contributed by atoms with van der Waals surface area (Å²) < 4.78 is 79.8. The van der Waals surface area contributed by atoms with E-state index in [9.17, 15) is 13.2 Å². The van der Waals surface area contributed by atoms with Gasteiger partial charge in [0.25, 0.3) is 0 Å². The molecule has 2 nitrogen and oxygen atoms in total. The second kappa shape index (κ2) is 12.3. The van der Waals surface area contributed by atoms with Gasteiger partial charge in [-0.25, -0.2) is 22.0 Å². The van der Waals surface area contributed by atoms with Gasteiger partial charge in [0.15, 0.2) is 23.3 Å². The number of rotatable bonds is 4. The molecule has 11 rings (SSSR count). The predicted octanol–water partition coefficient (Wildman–Crippen LogP) is 13.3. The minimum absolute atomic E-state index is 0.132. The van der Waals surface area contributed by atoms with Crippen LogP contribution in [-0.2, 0) is 0 Å². The summed E-state index contributed by atoms with van der Waals surface area (Å²) in [7, 11) is 0. The molecule has 0 saturated heterocycles. The van der Waals surface area contributed by atoms with Crippen LogP contribution in [0.4, 0.5) is 22.0 Å². The molecule has 0 amide bonds. The molecule has 0 aliphatic carbocycles. The Bertz CT molecular complexity index is 3420. The fraction of sp³-hybridized carbons (Fsp3) is 0. The van der Waals surface area contributed by atoms with Gasteiger partial charge in [-0.15, -0.1) is 0 Å². The Morgan fingerprint density at radius 1 is 0.375 bits per heavy atom.